The molecule has 0 unspecified atom stereocenters. The van der Waals surface area contributed by atoms with E-state index in [0.717, 1.165) is 23.1 Å². The van der Waals surface area contributed by atoms with E-state index in [1.165, 1.54) is 49.4 Å². The number of aromatic nitrogens is 2. The first kappa shape index (κ1) is 22.8. The number of nitrogens with zero attached hydrogens (tertiary/aromatic N) is 4. The van der Waals surface area contributed by atoms with Crippen LogP contribution in [0.1, 0.15) is 15.9 Å². The molecule has 0 aliphatic rings. The molecule has 0 saturated carbocycles. The summed E-state index contributed by atoms with van der Waals surface area (Å²) in [6, 6.07) is 9.62. The third-order valence-electron chi connectivity index (χ3n) is 4.06. The third-order valence-corrected chi connectivity index (χ3v) is 6.03. The number of non-ortho nitro benzene ring substituents is 1. The molecule has 2 aromatic carbocycles. The summed E-state index contributed by atoms with van der Waals surface area (Å²) in [5.74, 6) is -0.907. The number of nitrogens with one attached hydrogen (secondary N) is 2. The Morgan fingerprint density at radius 1 is 1.03 bits per heavy atom. The lowest BCUT2D eigenvalue weighted by Crippen LogP contribution is -2.14. The molecule has 1 aromatic heterocycles. The smallest absolute Gasteiger partial charge is 0.273 e. The van der Waals surface area contributed by atoms with Gasteiger partial charge in [0.2, 0.25) is 11.0 Å². The molecule has 164 valence electrons. The molecular weight excluding hydrogens is 460 g/mol. The lowest BCUT2D eigenvalue weighted by atomic mass is 10.1. The highest BCUT2D eigenvalue weighted by Crippen LogP contribution is 2.27. The van der Waals surface area contributed by atoms with E-state index in [9.17, 15) is 29.8 Å². The molecule has 0 spiro atoms. The van der Waals surface area contributed by atoms with Gasteiger partial charge in [-0.3, -0.25) is 35.1 Å². The lowest BCUT2D eigenvalue weighted by molar-refractivity contribution is -0.385. The first-order chi connectivity index (χ1) is 15.2. The minimum Gasteiger partial charge on any atom is -0.325 e. The molecule has 32 heavy (non-hydrogen) atoms. The Hall–Kier alpha value is -3.91. The summed E-state index contributed by atoms with van der Waals surface area (Å²) < 4.78 is 0.426. The summed E-state index contributed by atoms with van der Waals surface area (Å²) in [4.78, 5) is 45.1. The molecule has 1 heterocycles. The second-order valence-corrected chi connectivity index (χ2v) is 8.37. The molecule has 0 aliphatic carbocycles. The summed E-state index contributed by atoms with van der Waals surface area (Å²) in [5, 5.41) is 34.8. The van der Waals surface area contributed by atoms with Gasteiger partial charge in [0.1, 0.15) is 0 Å². The minimum absolute atomic E-state index is 0.00353. The molecule has 12 nitrogen and oxygen atoms in total. The molecule has 2 amide bonds. The van der Waals surface area contributed by atoms with Crippen molar-refractivity contribution in [1.82, 2.24) is 10.2 Å². The number of hydrogen-bond acceptors (Lipinski definition) is 10. The highest BCUT2D eigenvalue weighted by atomic mass is 32.2. The van der Waals surface area contributed by atoms with Crippen molar-refractivity contribution in [2.75, 3.05) is 16.4 Å². The fourth-order valence-corrected chi connectivity index (χ4v) is 4.09. The van der Waals surface area contributed by atoms with Crippen LogP contribution >= 0.6 is 23.1 Å². The first-order valence-corrected chi connectivity index (χ1v) is 10.6. The zero-order valence-corrected chi connectivity index (χ0v) is 17.9. The maximum atomic E-state index is 12.4. The second-order valence-electron chi connectivity index (χ2n) is 6.17. The number of rotatable bonds is 8. The predicted molar refractivity (Wildman–Crippen MR) is 118 cm³/mol. The predicted octanol–water partition coefficient (Wildman–Crippen LogP) is 3.65. The van der Waals surface area contributed by atoms with E-state index in [0.29, 0.717) is 10.0 Å². The topological polar surface area (TPSA) is 170 Å². The van der Waals surface area contributed by atoms with Crippen LogP contribution in [0.5, 0.6) is 0 Å². The van der Waals surface area contributed by atoms with Crippen LogP contribution in [0.3, 0.4) is 0 Å². The van der Waals surface area contributed by atoms with Crippen molar-refractivity contribution in [3.63, 3.8) is 0 Å². The van der Waals surface area contributed by atoms with E-state index < -0.39 is 15.8 Å². The zero-order valence-electron chi connectivity index (χ0n) is 16.3. The van der Waals surface area contributed by atoms with Gasteiger partial charge in [-0.2, -0.15) is 0 Å². The van der Waals surface area contributed by atoms with Gasteiger partial charge in [0, 0.05) is 35.0 Å². The molecule has 0 radical (unpaired) electrons. The van der Waals surface area contributed by atoms with Crippen molar-refractivity contribution < 1.29 is 19.4 Å². The van der Waals surface area contributed by atoms with E-state index in [1.54, 1.807) is 0 Å². The van der Waals surface area contributed by atoms with Gasteiger partial charge in [-0.1, -0.05) is 29.2 Å². The second kappa shape index (κ2) is 9.93. The number of nitro groups is 2. The Morgan fingerprint density at radius 2 is 1.75 bits per heavy atom. The number of hydrogen-bond donors (Lipinski definition) is 2. The normalized spacial score (nSPS) is 10.4. The van der Waals surface area contributed by atoms with Crippen molar-refractivity contribution in [2.24, 2.45) is 0 Å². The van der Waals surface area contributed by atoms with Crippen LogP contribution in [0.4, 0.5) is 22.2 Å². The molecule has 3 aromatic rings. The third kappa shape index (κ3) is 5.61. The van der Waals surface area contributed by atoms with Crippen molar-refractivity contribution in [1.29, 1.82) is 0 Å². The number of anilines is 2. The number of carbonyl (C=O) groups is 2. The zero-order chi connectivity index (χ0) is 23.3. The number of carbonyl (C=O) groups excluding carboxylic acids is 2. The fraction of sp³-hybridized carbons (Fsp3) is 0.111. The quantitative estimate of drug-likeness (QED) is 0.214. The molecule has 0 saturated heterocycles. The molecule has 2 N–H and O–H groups in total. The average Bonchev–Trinajstić information content (AvgIpc) is 3.19. The molecular formula is C18H14N6O6S2. The SMILES string of the molecule is Cc1c(C(=O)Nc2nnc(SCC(=O)Nc3ccc([N+](=O)[O-])cc3)s2)cccc1[N+](=O)[O-]. The largest absolute Gasteiger partial charge is 0.325 e. The first-order valence-electron chi connectivity index (χ1n) is 8.80. The summed E-state index contributed by atoms with van der Waals surface area (Å²) in [6.45, 7) is 1.48. The fourth-order valence-electron chi connectivity index (χ4n) is 2.54. The maximum absolute atomic E-state index is 12.4. The Balaban J connectivity index is 1.55. The van der Waals surface area contributed by atoms with Gasteiger partial charge in [-0.05, 0) is 25.1 Å². The van der Waals surface area contributed by atoms with Crippen molar-refractivity contribution >= 4 is 57.1 Å². The molecule has 0 bridgehead atoms. The molecule has 0 atom stereocenters. The Labute approximate surface area is 188 Å². The van der Waals surface area contributed by atoms with Gasteiger partial charge in [0.25, 0.3) is 17.3 Å². The van der Waals surface area contributed by atoms with Crippen LogP contribution in [0.25, 0.3) is 0 Å². The van der Waals surface area contributed by atoms with Gasteiger partial charge < -0.3 is 5.32 Å². The number of benzene rings is 2. The van der Waals surface area contributed by atoms with Crippen LogP contribution in [0.15, 0.2) is 46.8 Å². The maximum Gasteiger partial charge on any atom is 0.273 e. The van der Waals surface area contributed by atoms with Gasteiger partial charge in [-0.15, -0.1) is 10.2 Å². The molecule has 14 heteroatoms. The Morgan fingerprint density at radius 3 is 2.41 bits per heavy atom. The summed E-state index contributed by atoms with van der Waals surface area (Å²) >= 11 is 2.14. The van der Waals surface area contributed by atoms with Gasteiger partial charge in [0.15, 0.2) is 4.34 Å². The van der Waals surface area contributed by atoms with Crippen molar-refractivity contribution in [3.8, 4) is 0 Å². The number of thioether (sulfide) groups is 1. The van der Waals surface area contributed by atoms with Gasteiger partial charge in [0.05, 0.1) is 15.6 Å². The summed E-state index contributed by atoms with van der Waals surface area (Å²) in [6.07, 6.45) is 0. The van der Waals surface area contributed by atoms with Gasteiger partial charge in [-0.25, -0.2) is 0 Å². The van der Waals surface area contributed by atoms with Crippen LogP contribution < -0.4 is 10.6 Å². The number of nitro benzene ring substituents is 2. The highest BCUT2D eigenvalue weighted by molar-refractivity contribution is 8.01. The molecule has 0 aliphatic heterocycles. The molecule has 0 fully saturated rings. The van der Waals surface area contributed by atoms with E-state index in [-0.39, 0.29) is 39.3 Å². The Kier molecular flexibility index (Phi) is 7.07. The summed E-state index contributed by atoms with van der Waals surface area (Å²) in [7, 11) is 0. The van der Waals surface area contributed by atoms with Crippen LogP contribution in [-0.4, -0.2) is 37.6 Å². The molecule has 3 rings (SSSR count). The van der Waals surface area contributed by atoms with Crippen LogP contribution in [-0.2, 0) is 4.79 Å². The van der Waals surface area contributed by atoms with E-state index >= 15 is 0 Å². The monoisotopic (exact) mass is 474 g/mol. The van der Waals surface area contributed by atoms with E-state index in [2.05, 4.69) is 20.8 Å². The minimum atomic E-state index is -0.562. The van der Waals surface area contributed by atoms with Crippen LogP contribution in [0, 0.1) is 27.2 Å². The van der Waals surface area contributed by atoms with Gasteiger partial charge >= 0.3 is 0 Å². The number of amides is 2. The van der Waals surface area contributed by atoms with Crippen molar-refractivity contribution in [2.45, 2.75) is 11.3 Å². The lowest BCUT2D eigenvalue weighted by Gasteiger charge is -2.05. The highest BCUT2D eigenvalue weighted by Gasteiger charge is 2.19. The van der Waals surface area contributed by atoms with E-state index in [1.807, 2.05) is 0 Å². The average molecular weight is 474 g/mol. The standard InChI is InChI=1S/C18H14N6O6S2/c1-10-13(3-2-4-14(10)24(29)30)16(26)20-17-21-22-18(32-17)31-9-15(25)19-11-5-7-12(8-6-11)23(27)28/h2-8H,9H2,1H3,(H,19,25)(H,20,21,26). The summed E-state index contributed by atoms with van der Waals surface area (Å²) in [5.41, 5.74) is 0.549. The van der Waals surface area contributed by atoms with Crippen molar-refractivity contribution in [3.05, 3.63) is 73.8 Å². The van der Waals surface area contributed by atoms with E-state index in [4.69, 9.17) is 0 Å². The van der Waals surface area contributed by atoms with Crippen LogP contribution in [0.2, 0.25) is 0 Å². The Bertz CT molecular complexity index is 1200.